The third-order valence-electron chi connectivity index (χ3n) is 3.74. The average Bonchev–Trinajstić information content (AvgIpc) is 2.84. The summed E-state index contributed by atoms with van der Waals surface area (Å²) in [6.07, 6.45) is 8.29. The third kappa shape index (κ3) is 3.74. The quantitative estimate of drug-likeness (QED) is 0.749. The molecule has 18 heavy (non-hydrogen) atoms. The fourth-order valence-corrected chi connectivity index (χ4v) is 2.55. The fraction of sp³-hybridized carbons (Fsp3) is 0.625. The normalized spacial score (nSPS) is 15.2. The van der Waals surface area contributed by atoms with Crippen molar-refractivity contribution in [1.29, 1.82) is 0 Å². The lowest BCUT2D eigenvalue weighted by Gasteiger charge is -2.11. The Kier molecular flexibility index (Phi) is 5.06. The summed E-state index contributed by atoms with van der Waals surface area (Å²) in [4.78, 5) is 0. The van der Waals surface area contributed by atoms with Crippen LogP contribution in [0.3, 0.4) is 0 Å². The Labute approximate surface area is 111 Å². The summed E-state index contributed by atoms with van der Waals surface area (Å²) in [6.45, 7) is 3.08. The van der Waals surface area contributed by atoms with Gasteiger partial charge < -0.3 is 10.5 Å². The fourth-order valence-electron chi connectivity index (χ4n) is 2.55. The van der Waals surface area contributed by atoms with Gasteiger partial charge in [0, 0.05) is 12.5 Å². The van der Waals surface area contributed by atoms with Crippen LogP contribution in [0, 0.1) is 0 Å². The molecule has 1 aromatic rings. The van der Waals surface area contributed by atoms with Crippen molar-refractivity contribution in [3.8, 4) is 5.75 Å². The molecule has 1 aliphatic rings. The zero-order chi connectivity index (χ0) is 12.8. The molecule has 0 amide bonds. The van der Waals surface area contributed by atoms with E-state index in [0.717, 1.165) is 31.6 Å². The number of ether oxygens (including phenoxy) is 1. The number of nitrogens with two attached hydrogens (primary N) is 1. The van der Waals surface area contributed by atoms with Gasteiger partial charge in [-0.15, -0.1) is 0 Å². The molecule has 0 aliphatic carbocycles. The first kappa shape index (κ1) is 13.4. The third-order valence-corrected chi connectivity index (χ3v) is 3.74. The van der Waals surface area contributed by atoms with Gasteiger partial charge in [-0.1, -0.05) is 38.3 Å². The number of hydrogen-bond donors (Lipinski definition) is 1. The second-order valence-electron chi connectivity index (χ2n) is 5.34. The molecule has 1 aromatic carbocycles. The van der Waals surface area contributed by atoms with Crippen LogP contribution in [0.1, 0.15) is 50.2 Å². The molecule has 1 heterocycles. The first-order valence-corrected chi connectivity index (χ1v) is 7.29. The van der Waals surface area contributed by atoms with Gasteiger partial charge in [0.05, 0.1) is 6.61 Å². The van der Waals surface area contributed by atoms with Crippen LogP contribution in [0.4, 0.5) is 0 Å². The number of aryl methyl sites for hydroxylation is 1. The van der Waals surface area contributed by atoms with Gasteiger partial charge in [-0.3, -0.25) is 0 Å². The summed E-state index contributed by atoms with van der Waals surface area (Å²) in [6, 6.07) is 6.95. The highest BCUT2D eigenvalue weighted by Crippen LogP contribution is 2.26. The lowest BCUT2D eigenvalue weighted by atomic mass is 9.99. The second kappa shape index (κ2) is 6.79. The van der Waals surface area contributed by atoms with Crippen LogP contribution in [0.2, 0.25) is 0 Å². The van der Waals surface area contributed by atoms with E-state index >= 15 is 0 Å². The highest BCUT2D eigenvalue weighted by atomic mass is 16.5. The highest BCUT2D eigenvalue weighted by Gasteiger charge is 2.12. The van der Waals surface area contributed by atoms with Gasteiger partial charge in [-0.05, 0) is 36.5 Å². The van der Waals surface area contributed by atoms with Gasteiger partial charge in [-0.2, -0.15) is 0 Å². The largest absolute Gasteiger partial charge is 0.493 e. The molecule has 1 aliphatic heterocycles. The smallest absolute Gasteiger partial charge is 0.122 e. The Morgan fingerprint density at radius 2 is 2.17 bits per heavy atom. The summed E-state index contributed by atoms with van der Waals surface area (Å²) >= 11 is 0. The SMILES string of the molecule is CCCCCC(N)CCc1ccc2c(c1)CCO2. The van der Waals surface area contributed by atoms with Crippen LogP contribution in [-0.2, 0) is 12.8 Å². The van der Waals surface area contributed by atoms with Gasteiger partial charge >= 0.3 is 0 Å². The standard InChI is InChI=1S/C16H25NO/c1-2-3-4-5-15(17)8-6-13-7-9-16-14(12-13)10-11-18-16/h7,9,12,15H,2-6,8,10-11,17H2,1H3. The summed E-state index contributed by atoms with van der Waals surface area (Å²) in [7, 11) is 0. The number of rotatable bonds is 7. The van der Waals surface area contributed by atoms with E-state index in [9.17, 15) is 0 Å². The molecule has 2 N–H and O–H groups in total. The van der Waals surface area contributed by atoms with E-state index in [-0.39, 0.29) is 0 Å². The molecular weight excluding hydrogens is 222 g/mol. The van der Waals surface area contributed by atoms with E-state index in [0.29, 0.717) is 6.04 Å². The first-order chi connectivity index (χ1) is 8.79. The molecule has 100 valence electrons. The van der Waals surface area contributed by atoms with Crippen molar-refractivity contribution in [2.24, 2.45) is 5.73 Å². The molecule has 0 aromatic heterocycles. The second-order valence-corrected chi connectivity index (χ2v) is 5.34. The highest BCUT2D eigenvalue weighted by molar-refractivity contribution is 5.39. The van der Waals surface area contributed by atoms with E-state index in [1.165, 1.54) is 36.8 Å². The predicted molar refractivity (Wildman–Crippen MR) is 76.1 cm³/mol. The van der Waals surface area contributed by atoms with Gasteiger partial charge in [0.1, 0.15) is 5.75 Å². The molecule has 0 bridgehead atoms. The molecule has 2 rings (SSSR count). The monoisotopic (exact) mass is 247 g/mol. The maximum absolute atomic E-state index is 6.15. The van der Waals surface area contributed by atoms with E-state index in [1.807, 2.05) is 0 Å². The Morgan fingerprint density at radius 3 is 3.00 bits per heavy atom. The average molecular weight is 247 g/mol. The zero-order valence-corrected chi connectivity index (χ0v) is 11.5. The lowest BCUT2D eigenvalue weighted by Crippen LogP contribution is -2.20. The summed E-state index contributed by atoms with van der Waals surface area (Å²) in [5.74, 6) is 1.07. The Bertz CT molecular complexity index is 375. The van der Waals surface area contributed by atoms with E-state index in [4.69, 9.17) is 10.5 Å². The predicted octanol–water partition coefficient (Wildman–Crippen LogP) is 3.46. The van der Waals surface area contributed by atoms with Gasteiger partial charge in [0.2, 0.25) is 0 Å². The lowest BCUT2D eigenvalue weighted by molar-refractivity contribution is 0.357. The molecular formula is C16H25NO. The van der Waals surface area contributed by atoms with Crippen molar-refractivity contribution in [3.63, 3.8) is 0 Å². The van der Waals surface area contributed by atoms with Crippen molar-refractivity contribution in [1.82, 2.24) is 0 Å². The van der Waals surface area contributed by atoms with Crippen LogP contribution in [-0.4, -0.2) is 12.6 Å². The van der Waals surface area contributed by atoms with Crippen LogP contribution < -0.4 is 10.5 Å². The number of fused-ring (bicyclic) bond motifs is 1. The Hall–Kier alpha value is -1.02. The summed E-state index contributed by atoms with van der Waals surface area (Å²) < 4.78 is 5.52. The van der Waals surface area contributed by atoms with E-state index in [2.05, 4.69) is 25.1 Å². The summed E-state index contributed by atoms with van der Waals surface area (Å²) in [5.41, 5.74) is 8.93. The molecule has 2 nitrogen and oxygen atoms in total. The van der Waals surface area contributed by atoms with Crippen molar-refractivity contribution in [2.45, 2.75) is 57.9 Å². The maximum Gasteiger partial charge on any atom is 0.122 e. The molecule has 1 atom stereocenters. The molecule has 0 fully saturated rings. The van der Waals surface area contributed by atoms with Crippen LogP contribution in [0.5, 0.6) is 5.75 Å². The van der Waals surface area contributed by atoms with Crippen molar-refractivity contribution >= 4 is 0 Å². The van der Waals surface area contributed by atoms with Gasteiger partial charge in [0.15, 0.2) is 0 Å². The van der Waals surface area contributed by atoms with Crippen LogP contribution in [0.25, 0.3) is 0 Å². The topological polar surface area (TPSA) is 35.2 Å². The van der Waals surface area contributed by atoms with E-state index < -0.39 is 0 Å². The van der Waals surface area contributed by atoms with Crippen molar-refractivity contribution in [2.75, 3.05) is 6.61 Å². The molecule has 0 radical (unpaired) electrons. The maximum atomic E-state index is 6.15. The van der Waals surface area contributed by atoms with Gasteiger partial charge in [-0.25, -0.2) is 0 Å². The minimum Gasteiger partial charge on any atom is -0.493 e. The molecule has 0 saturated heterocycles. The molecule has 0 spiro atoms. The Balaban J connectivity index is 1.76. The summed E-state index contributed by atoms with van der Waals surface area (Å²) in [5, 5.41) is 0. The van der Waals surface area contributed by atoms with Gasteiger partial charge in [0.25, 0.3) is 0 Å². The zero-order valence-electron chi connectivity index (χ0n) is 11.5. The number of hydrogen-bond acceptors (Lipinski definition) is 2. The van der Waals surface area contributed by atoms with E-state index in [1.54, 1.807) is 0 Å². The molecule has 0 saturated carbocycles. The van der Waals surface area contributed by atoms with Crippen LogP contribution >= 0.6 is 0 Å². The van der Waals surface area contributed by atoms with Crippen LogP contribution in [0.15, 0.2) is 18.2 Å². The molecule has 1 unspecified atom stereocenters. The number of unbranched alkanes of at least 4 members (excludes halogenated alkanes) is 2. The number of benzene rings is 1. The minimum atomic E-state index is 0.362. The van der Waals surface area contributed by atoms with Crippen molar-refractivity contribution < 1.29 is 4.74 Å². The molecule has 2 heteroatoms. The van der Waals surface area contributed by atoms with Crippen molar-refractivity contribution in [3.05, 3.63) is 29.3 Å². The first-order valence-electron chi connectivity index (χ1n) is 7.29. The Morgan fingerprint density at radius 1 is 1.28 bits per heavy atom. The minimum absolute atomic E-state index is 0.362.